The summed E-state index contributed by atoms with van der Waals surface area (Å²) in [5.41, 5.74) is 2.70. The average Bonchev–Trinajstić information content (AvgIpc) is 2.39. The van der Waals surface area contributed by atoms with Crippen molar-refractivity contribution in [3.05, 3.63) is 59.9 Å². The molecule has 1 heterocycles. The molecule has 0 amide bonds. The van der Waals surface area contributed by atoms with Crippen molar-refractivity contribution in [1.29, 1.82) is 0 Å². The Kier molecular flexibility index (Phi) is 3.79. The summed E-state index contributed by atoms with van der Waals surface area (Å²) in [6.45, 7) is 0. The minimum Gasteiger partial charge on any atom is -0.278 e. The summed E-state index contributed by atoms with van der Waals surface area (Å²) >= 11 is 0. The van der Waals surface area contributed by atoms with Crippen LogP contribution >= 0.6 is 0 Å². The van der Waals surface area contributed by atoms with Gasteiger partial charge in [0, 0.05) is 6.20 Å². The molecule has 0 fully saturated rings. The van der Waals surface area contributed by atoms with Crippen LogP contribution in [-0.4, -0.2) is 11.2 Å². The molecular weight excluding hydrogens is 255 g/mol. The van der Waals surface area contributed by atoms with E-state index in [1.54, 1.807) is 24.4 Å². The van der Waals surface area contributed by atoms with Crippen LogP contribution in [0.2, 0.25) is 0 Å². The van der Waals surface area contributed by atoms with Crippen LogP contribution in [0.15, 0.2) is 53.8 Å². The zero-order chi connectivity index (χ0) is 13.7. The van der Waals surface area contributed by atoms with E-state index < -0.39 is 11.7 Å². The van der Waals surface area contributed by atoms with E-state index in [-0.39, 0.29) is 5.69 Å². The number of hydrogen-bond donors (Lipinski definition) is 1. The number of anilines is 1. The van der Waals surface area contributed by atoms with Gasteiger partial charge in [-0.05, 0) is 30.3 Å². The van der Waals surface area contributed by atoms with Crippen molar-refractivity contribution < 1.29 is 13.2 Å². The summed E-state index contributed by atoms with van der Waals surface area (Å²) in [6, 6.07) is 10.1. The minimum absolute atomic E-state index is 0.266. The molecule has 1 aromatic carbocycles. The van der Waals surface area contributed by atoms with Crippen molar-refractivity contribution >= 4 is 11.9 Å². The third-order valence-corrected chi connectivity index (χ3v) is 2.27. The lowest BCUT2D eigenvalue weighted by molar-refractivity contribution is -0.137. The second kappa shape index (κ2) is 5.51. The van der Waals surface area contributed by atoms with E-state index in [9.17, 15) is 13.2 Å². The van der Waals surface area contributed by atoms with Crippen LogP contribution in [0, 0.1) is 0 Å². The van der Waals surface area contributed by atoms with Gasteiger partial charge in [0.2, 0.25) is 0 Å². The van der Waals surface area contributed by atoms with Crippen molar-refractivity contribution in [3.8, 4) is 0 Å². The highest BCUT2D eigenvalue weighted by molar-refractivity contribution is 5.77. The molecule has 0 saturated carbocycles. The van der Waals surface area contributed by atoms with Gasteiger partial charge >= 0.3 is 6.18 Å². The Morgan fingerprint density at radius 3 is 2.63 bits per heavy atom. The van der Waals surface area contributed by atoms with Crippen molar-refractivity contribution in [1.82, 2.24) is 4.98 Å². The SMILES string of the molecule is FC(F)(F)c1cccc(NN=Cc2ccccn2)c1. The second-order valence-electron chi connectivity index (χ2n) is 3.70. The predicted molar refractivity (Wildman–Crippen MR) is 66.9 cm³/mol. The maximum absolute atomic E-state index is 12.5. The molecule has 0 bridgehead atoms. The highest BCUT2D eigenvalue weighted by Gasteiger charge is 2.30. The molecular formula is C13H10F3N3. The zero-order valence-corrected chi connectivity index (χ0v) is 9.72. The van der Waals surface area contributed by atoms with Crippen LogP contribution in [0.5, 0.6) is 0 Å². The van der Waals surface area contributed by atoms with Gasteiger partial charge in [-0.1, -0.05) is 12.1 Å². The van der Waals surface area contributed by atoms with Gasteiger partial charge in [0.25, 0.3) is 0 Å². The fraction of sp³-hybridized carbons (Fsp3) is 0.0769. The largest absolute Gasteiger partial charge is 0.416 e. The number of alkyl halides is 3. The van der Waals surface area contributed by atoms with Gasteiger partial charge in [0.15, 0.2) is 0 Å². The lowest BCUT2D eigenvalue weighted by atomic mass is 10.2. The lowest BCUT2D eigenvalue weighted by Crippen LogP contribution is -2.05. The number of hydrazone groups is 1. The van der Waals surface area contributed by atoms with Gasteiger partial charge in [-0.25, -0.2) is 0 Å². The molecule has 98 valence electrons. The van der Waals surface area contributed by atoms with Crippen molar-refractivity contribution in [2.75, 3.05) is 5.43 Å². The van der Waals surface area contributed by atoms with Gasteiger partial charge in [-0.2, -0.15) is 18.3 Å². The molecule has 0 aliphatic carbocycles. The molecule has 2 rings (SSSR count). The Hall–Kier alpha value is -2.37. The molecule has 1 aromatic heterocycles. The fourth-order valence-electron chi connectivity index (χ4n) is 1.39. The summed E-state index contributed by atoms with van der Waals surface area (Å²) < 4.78 is 37.4. The molecule has 3 nitrogen and oxygen atoms in total. The molecule has 0 spiro atoms. The number of nitrogens with one attached hydrogen (secondary N) is 1. The highest BCUT2D eigenvalue weighted by Crippen LogP contribution is 2.30. The standard InChI is InChI=1S/C13H10F3N3/c14-13(15,16)10-4-3-6-11(8-10)19-18-9-12-5-1-2-7-17-12/h1-9,19H. The topological polar surface area (TPSA) is 37.3 Å². The summed E-state index contributed by atoms with van der Waals surface area (Å²) in [5, 5.41) is 3.83. The third-order valence-electron chi connectivity index (χ3n) is 2.27. The number of pyridine rings is 1. The molecule has 0 unspecified atom stereocenters. The fourth-order valence-corrected chi connectivity index (χ4v) is 1.39. The summed E-state index contributed by atoms with van der Waals surface area (Å²) in [5.74, 6) is 0. The first kappa shape index (κ1) is 13.1. The molecule has 0 atom stereocenters. The van der Waals surface area contributed by atoms with Crippen LogP contribution in [0.25, 0.3) is 0 Å². The first-order valence-electron chi connectivity index (χ1n) is 5.43. The predicted octanol–water partition coefficient (Wildman–Crippen LogP) is 3.55. The Labute approximate surface area is 107 Å². The van der Waals surface area contributed by atoms with Crippen molar-refractivity contribution in [3.63, 3.8) is 0 Å². The number of nitrogens with zero attached hydrogens (tertiary/aromatic N) is 2. The van der Waals surface area contributed by atoms with Crippen LogP contribution in [0.4, 0.5) is 18.9 Å². The average molecular weight is 265 g/mol. The lowest BCUT2D eigenvalue weighted by Gasteiger charge is -2.07. The van der Waals surface area contributed by atoms with Crippen molar-refractivity contribution in [2.24, 2.45) is 5.10 Å². The van der Waals surface area contributed by atoms with E-state index in [0.29, 0.717) is 5.69 Å². The van der Waals surface area contributed by atoms with E-state index in [1.165, 1.54) is 18.3 Å². The van der Waals surface area contributed by atoms with Gasteiger partial charge < -0.3 is 0 Å². The van der Waals surface area contributed by atoms with Crippen LogP contribution in [-0.2, 0) is 6.18 Å². The number of rotatable bonds is 3. The van der Waals surface area contributed by atoms with Gasteiger partial charge in [0.05, 0.1) is 23.2 Å². The Bertz CT molecular complexity index is 565. The molecule has 2 aromatic rings. The molecule has 0 aliphatic rings. The van der Waals surface area contributed by atoms with E-state index in [1.807, 2.05) is 0 Å². The van der Waals surface area contributed by atoms with E-state index in [2.05, 4.69) is 15.5 Å². The minimum atomic E-state index is -4.36. The number of benzene rings is 1. The molecule has 0 saturated heterocycles. The first-order valence-corrected chi connectivity index (χ1v) is 5.43. The maximum Gasteiger partial charge on any atom is 0.416 e. The summed E-state index contributed by atoms with van der Waals surface area (Å²) in [6.07, 6.45) is -1.33. The normalized spacial score (nSPS) is 11.7. The van der Waals surface area contributed by atoms with Crippen molar-refractivity contribution in [2.45, 2.75) is 6.18 Å². The van der Waals surface area contributed by atoms with Gasteiger partial charge in [0.1, 0.15) is 0 Å². The number of hydrogen-bond acceptors (Lipinski definition) is 3. The monoisotopic (exact) mass is 265 g/mol. The number of halogens is 3. The summed E-state index contributed by atoms with van der Waals surface area (Å²) in [4.78, 5) is 4.00. The zero-order valence-electron chi connectivity index (χ0n) is 9.72. The molecule has 0 aliphatic heterocycles. The maximum atomic E-state index is 12.5. The summed E-state index contributed by atoms with van der Waals surface area (Å²) in [7, 11) is 0. The Morgan fingerprint density at radius 2 is 1.95 bits per heavy atom. The third kappa shape index (κ3) is 3.80. The first-order chi connectivity index (χ1) is 9.05. The number of aromatic nitrogens is 1. The van der Waals surface area contributed by atoms with E-state index in [4.69, 9.17) is 0 Å². The highest BCUT2D eigenvalue weighted by atomic mass is 19.4. The second-order valence-corrected chi connectivity index (χ2v) is 3.70. The molecule has 19 heavy (non-hydrogen) atoms. The van der Waals surface area contributed by atoms with Crippen LogP contribution in [0.1, 0.15) is 11.3 Å². The molecule has 6 heteroatoms. The van der Waals surface area contributed by atoms with Crippen LogP contribution in [0.3, 0.4) is 0 Å². The Balaban J connectivity index is 2.06. The van der Waals surface area contributed by atoms with Crippen LogP contribution < -0.4 is 5.43 Å². The van der Waals surface area contributed by atoms with Gasteiger partial charge in [-0.3, -0.25) is 10.4 Å². The molecule has 1 N–H and O–H groups in total. The van der Waals surface area contributed by atoms with Gasteiger partial charge in [-0.15, -0.1) is 0 Å². The molecule has 0 radical (unpaired) electrons. The quantitative estimate of drug-likeness (QED) is 0.680. The smallest absolute Gasteiger partial charge is 0.278 e. The Morgan fingerprint density at radius 1 is 1.11 bits per heavy atom. The van der Waals surface area contributed by atoms with E-state index in [0.717, 1.165) is 12.1 Å². The van der Waals surface area contributed by atoms with E-state index >= 15 is 0 Å².